The molecule has 0 radical (unpaired) electrons. The molecule has 1 aliphatic rings. The smallest absolute Gasteiger partial charge is 0.754 e. The Balaban J connectivity index is 0.000000352. The summed E-state index contributed by atoms with van der Waals surface area (Å²) < 4.78 is 0.829. The Morgan fingerprint density at radius 1 is 1.22 bits per heavy atom. The van der Waals surface area contributed by atoms with Gasteiger partial charge in [0, 0.05) is 20.2 Å². The molecule has 18 heavy (non-hydrogen) atoms. The van der Waals surface area contributed by atoms with Crippen LogP contribution in [0.1, 0.15) is 13.8 Å². The number of aliphatic imine (C=N–C) groups is 1. The van der Waals surface area contributed by atoms with Gasteiger partial charge in [-0.2, -0.15) is 0 Å². The molecule has 1 aromatic rings. The zero-order valence-corrected chi connectivity index (χ0v) is 15.6. The second kappa shape index (κ2) is 11.5. The second-order valence-corrected chi connectivity index (χ2v) is 8.60. The van der Waals surface area contributed by atoms with Gasteiger partial charge in [0.1, 0.15) is 0 Å². The molecule has 0 spiro atoms. The van der Waals surface area contributed by atoms with E-state index in [1.54, 1.807) is 17.1 Å². The molecule has 0 fully saturated rings. The van der Waals surface area contributed by atoms with Crippen molar-refractivity contribution >= 4 is 42.0 Å². The van der Waals surface area contributed by atoms with E-state index < -0.39 is 0 Å². The Morgan fingerprint density at radius 3 is 2.17 bits per heavy atom. The zero-order chi connectivity index (χ0) is 12.5. The third-order valence-corrected chi connectivity index (χ3v) is 6.70. The topological polar surface area (TPSA) is 12.4 Å². The van der Waals surface area contributed by atoms with Crippen LogP contribution >= 0.6 is 19.7 Å². The van der Waals surface area contributed by atoms with Gasteiger partial charge in [0.15, 0.2) is 0 Å². The van der Waals surface area contributed by atoms with Crippen LogP contribution in [0.2, 0.25) is 0 Å². The SMILES string of the molecule is CC[PH+](CC)c1ccccc1.[Au+].[S-]C1=NCCS1. The van der Waals surface area contributed by atoms with Gasteiger partial charge in [-0.25, -0.2) is 0 Å². The molecule has 5 heteroatoms. The van der Waals surface area contributed by atoms with E-state index in [4.69, 9.17) is 12.6 Å². The minimum absolute atomic E-state index is 0. The van der Waals surface area contributed by atoms with Crippen molar-refractivity contribution in [1.29, 1.82) is 0 Å². The molecule has 0 aromatic heterocycles. The van der Waals surface area contributed by atoms with Crippen molar-refractivity contribution < 1.29 is 22.4 Å². The Labute approximate surface area is 137 Å². The van der Waals surface area contributed by atoms with Crippen LogP contribution < -0.4 is 5.30 Å². The summed E-state index contributed by atoms with van der Waals surface area (Å²) in [5, 5.41) is 1.59. The normalized spacial score (nSPS) is 13.4. The summed E-state index contributed by atoms with van der Waals surface area (Å²) in [4.78, 5) is 3.93. The molecule has 0 atom stereocenters. The zero-order valence-electron chi connectivity index (χ0n) is 10.8. The third kappa shape index (κ3) is 7.28. The van der Waals surface area contributed by atoms with Gasteiger partial charge in [0.05, 0.1) is 17.6 Å². The van der Waals surface area contributed by atoms with Crippen LogP contribution in [0.5, 0.6) is 0 Å². The van der Waals surface area contributed by atoms with Crippen LogP contribution in [-0.2, 0) is 35.0 Å². The fourth-order valence-electron chi connectivity index (χ4n) is 1.65. The molecule has 0 amide bonds. The van der Waals surface area contributed by atoms with Crippen LogP contribution in [0.25, 0.3) is 0 Å². The summed E-state index contributed by atoms with van der Waals surface area (Å²) in [5.41, 5.74) is 0. The van der Waals surface area contributed by atoms with Crippen molar-refractivity contribution in [2.24, 2.45) is 4.99 Å². The van der Waals surface area contributed by atoms with E-state index >= 15 is 0 Å². The Kier molecular flexibility index (Phi) is 11.9. The molecule has 0 saturated carbocycles. The van der Waals surface area contributed by atoms with E-state index in [-0.39, 0.29) is 30.3 Å². The molecule has 0 N–H and O–H groups in total. The van der Waals surface area contributed by atoms with Gasteiger partial charge in [-0.05, 0) is 26.0 Å². The van der Waals surface area contributed by atoms with Crippen LogP contribution in [0.3, 0.4) is 0 Å². The number of hydrogen-bond donors (Lipinski definition) is 0. The third-order valence-electron chi connectivity index (χ3n) is 2.59. The van der Waals surface area contributed by atoms with E-state index in [9.17, 15) is 0 Å². The molecule has 1 nitrogen and oxygen atoms in total. The molecule has 0 aliphatic carbocycles. The number of rotatable bonds is 3. The standard InChI is InChI=1S/C10H15P.C3H5NS2.Au/c1-3-11(4-2)10-8-6-5-7-9-10;5-3-4-1-2-6-3;/h5-9H,3-4H2,1-2H3;1-2H2,(H,4,5);/q;;+1. The van der Waals surface area contributed by atoms with Crippen LogP contribution in [0.15, 0.2) is 35.3 Å². The van der Waals surface area contributed by atoms with E-state index in [0.717, 1.165) is 16.7 Å². The fraction of sp³-hybridized carbons (Fsp3) is 0.462. The summed E-state index contributed by atoms with van der Waals surface area (Å²) in [6, 6.07) is 10.9. The molecule has 0 unspecified atom stereocenters. The first kappa shape index (κ1) is 18.6. The Morgan fingerprint density at radius 2 is 1.83 bits per heavy atom. The Hall–Kier alpha value is 0.630. The van der Waals surface area contributed by atoms with Crippen LogP contribution in [0, 0.1) is 0 Å². The molecule has 1 aromatic carbocycles. The van der Waals surface area contributed by atoms with Crippen molar-refractivity contribution in [1.82, 2.24) is 0 Å². The maximum Gasteiger partial charge on any atom is 1.00 e. The van der Waals surface area contributed by atoms with Crippen molar-refractivity contribution in [3.63, 3.8) is 0 Å². The number of nitrogens with zero attached hydrogens (tertiary/aromatic N) is 1. The first-order valence-corrected chi connectivity index (χ1v) is 9.33. The van der Waals surface area contributed by atoms with Gasteiger partial charge in [0.25, 0.3) is 0 Å². The van der Waals surface area contributed by atoms with Gasteiger partial charge in [-0.1, -0.05) is 22.6 Å². The summed E-state index contributed by atoms with van der Waals surface area (Å²) in [7, 11) is -0.201. The molecule has 0 saturated heterocycles. The van der Waals surface area contributed by atoms with E-state index in [0.29, 0.717) is 0 Å². The number of benzene rings is 1. The minimum atomic E-state index is -0.201. The summed E-state index contributed by atoms with van der Waals surface area (Å²) >= 11 is 6.38. The molecule has 0 bridgehead atoms. The summed E-state index contributed by atoms with van der Waals surface area (Å²) in [6.07, 6.45) is 2.70. The van der Waals surface area contributed by atoms with Gasteiger partial charge < -0.3 is 17.6 Å². The monoisotopic (exact) mass is 482 g/mol. The van der Waals surface area contributed by atoms with Gasteiger partial charge >= 0.3 is 22.4 Å². The molecule has 104 valence electrons. The van der Waals surface area contributed by atoms with Crippen molar-refractivity contribution in [3.8, 4) is 0 Å². The van der Waals surface area contributed by atoms with Crippen LogP contribution in [-0.4, -0.2) is 29.0 Å². The molecular formula is C13H20AuNPS2+. The van der Waals surface area contributed by atoms with Gasteiger partial charge in [-0.3, -0.25) is 0 Å². The number of thioether (sulfide) groups is 1. The minimum Gasteiger partial charge on any atom is -0.754 e. The van der Waals surface area contributed by atoms with Crippen LogP contribution in [0.4, 0.5) is 0 Å². The predicted molar refractivity (Wildman–Crippen MR) is 87.6 cm³/mol. The van der Waals surface area contributed by atoms with E-state index in [2.05, 4.69) is 49.2 Å². The molecule has 1 heterocycles. The Bertz CT molecular complexity index is 342. The average molecular weight is 482 g/mol. The quantitative estimate of drug-likeness (QED) is 0.373. The summed E-state index contributed by atoms with van der Waals surface area (Å²) in [5.74, 6) is 1.10. The largest absolute Gasteiger partial charge is 1.00 e. The molecule has 2 rings (SSSR count). The van der Waals surface area contributed by atoms with Gasteiger partial charge in [0.2, 0.25) is 0 Å². The van der Waals surface area contributed by atoms with E-state index in [1.165, 1.54) is 12.3 Å². The molecular weight excluding hydrogens is 462 g/mol. The fourth-order valence-corrected chi connectivity index (χ4v) is 4.51. The average Bonchev–Trinajstić information content (AvgIpc) is 2.84. The van der Waals surface area contributed by atoms with E-state index in [1.807, 2.05) is 0 Å². The van der Waals surface area contributed by atoms with Crippen molar-refractivity contribution in [2.75, 3.05) is 24.6 Å². The second-order valence-electron chi connectivity index (χ2n) is 3.67. The first-order valence-electron chi connectivity index (χ1n) is 6.02. The van der Waals surface area contributed by atoms with Crippen molar-refractivity contribution in [2.45, 2.75) is 13.8 Å². The maximum absolute atomic E-state index is 4.72. The molecule has 1 aliphatic heterocycles. The predicted octanol–water partition coefficient (Wildman–Crippen LogP) is 3.20. The van der Waals surface area contributed by atoms with Gasteiger partial charge in [-0.15, -0.1) is 11.8 Å². The van der Waals surface area contributed by atoms with Crippen molar-refractivity contribution in [3.05, 3.63) is 30.3 Å². The number of hydrogen-bond acceptors (Lipinski definition) is 3. The first-order chi connectivity index (χ1) is 8.27. The maximum atomic E-state index is 4.72. The summed E-state index contributed by atoms with van der Waals surface area (Å²) in [6.45, 7) is 5.53.